The van der Waals surface area contributed by atoms with E-state index in [1.807, 2.05) is 35.7 Å². The van der Waals surface area contributed by atoms with Crippen LogP contribution in [0.5, 0.6) is 0 Å². The van der Waals surface area contributed by atoms with Crippen LogP contribution in [0.2, 0.25) is 10.0 Å². The van der Waals surface area contributed by atoms with Crippen LogP contribution in [0, 0.1) is 0 Å². The zero-order valence-corrected chi connectivity index (χ0v) is 14.7. The van der Waals surface area contributed by atoms with Gasteiger partial charge in [-0.25, -0.2) is 0 Å². The van der Waals surface area contributed by atoms with Crippen molar-refractivity contribution in [1.82, 2.24) is 0 Å². The van der Waals surface area contributed by atoms with Gasteiger partial charge in [0.05, 0.1) is 26.3 Å². The Bertz CT molecular complexity index is 908. The zero-order chi connectivity index (χ0) is 17.1. The standard InChI is InChI=1S/C17H13Cl2N3OS/c18-12-7-8-24-17(12)16(22-23)11-6-5-10(9-13(11)19)21-15-4-2-1-3-14(15)20/h1-9,21,23H,20H2/b22-16-. The summed E-state index contributed by atoms with van der Waals surface area (Å²) in [7, 11) is 0. The third-order valence-corrected chi connectivity index (χ3v) is 5.06. The number of hydrogen-bond acceptors (Lipinski definition) is 5. The quantitative estimate of drug-likeness (QED) is 0.239. The number of rotatable bonds is 4. The zero-order valence-electron chi connectivity index (χ0n) is 12.3. The molecule has 0 atom stereocenters. The fraction of sp³-hybridized carbons (Fsp3) is 0. The van der Waals surface area contributed by atoms with Gasteiger partial charge < -0.3 is 16.3 Å². The number of oxime groups is 1. The molecule has 0 aliphatic carbocycles. The summed E-state index contributed by atoms with van der Waals surface area (Å²) in [5.74, 6) is 0. The smallest absolute Gasteiger partial charge is 0.130 e. The number of thiophene rings is 1. The number of anilines is 3. The van der Waals surface area contributed by atoms with Crippen molar-refractivity contribution in [3.63, 3.8) is 0 Å². The maximum absolute atomic E-state index is 9.39. The Morgan fingerprint density at radius 1 is 1.08 bits per heavy atom. The van der Waals surface area contributed by atoms with E-state index >= 15 is 0 Å². The minimum Gasteiger partial charge on any atom is -0.410 e. The van der Waals surface area contributed by atoms with Crippen molar-refractivity contribution in [2.24, 2.45) is 5.16 Å². The largest absolute Gasteiger partial charge is 0.410 e. The fourth-order valence-corrected chi connectivity index (χ4v) is 3.65. The van der Waals surface area contributed by atoms with Gasteiger partial charge in [0.25, 0.3) is 0 Å². The SMILES string of the molecule is Nc1ccccc1Nc1ccc(/C(=N/O)c2sccc2Cl)c(Cl)c1. The summed E-state index contributed by atoms with van der Waals surface area (Å²) < 4.78 is 0. The average molecular weight is 378 g/mol. The van der Waals surface area contributed by atoms with Crippen LogP contribution >= 0.6 is 34.5 Å². The second-order valence-electron chi connectivity index (χ2n) is 4.95. The Labute approximate surface area is 153 Å². The Kier molecular flexibility index (Phi) is 4.94. The van der Waals surface area contributed by atoms with Gasteiger partial charge in [-0.2, -0.15) is 0 Å². The number of nitrogens with one attached hydrogen (secondary N) is 1. The van der Waals surface area contributed by atoms with E-state index in [0.717, 1.165) is 11.4 Å². The van der Waals surface area contributed by atoms with E-state index in [0.29, 0.717) is 31.9 Å². The molecular formula is C17H13Cl2N3OS. The predicted octanol–water partition coefficient (Wildman–Crippen LogP) is 5.61. The lowest BCUT2D eigenvalue weighted by molar-refractivity contribution is 0.320. The molecule has 2 aromatic carbocycles. The molecule has 7 heteroatoms. The third kappa shape index (κ3) is 3.33. The number of nitrogen functional groups attached to an aromatic ring is 1. The van der Waals surface area contributed by atoms with E-state index in [1.54, 1.807) is 18.2 Å². The lowest BCUT2D eigenvalue weighted by Gasteiger charge is -2.12. The lowest BCUT2D eigenvalue weighted by atomic mass is 10.1. The van der Waals surface area contributed by atoms with Crippen molar-refractivity contribution in [2.75, 3.05) is 11.1 Å². The predicted molar refractivity (Wildman–Crippen MR) is 102 cm³/mol. The summed E-state index contributed by atoms with van der Waals surface area (Å²) in [6.07, 6.45) is 0. The molecule has 1 aromatic heterocycles. The molecule has 0 saturated carbocycles. The molecule has 122 valence electrons. The van der Waals surface area contributed by atoms with Crippen LogP contribution in [0.25, 0.3) is 0 Å². The van der Waals surface area contributed by atoms with Crippen molar-refractivity contribution in [3.8, 4) is 0 Å². The van der Waals surface area contributed by atoms with E-state index in [1.165, 1.54) is 11.3 Å². The monoisotopic (exact) mass is 377 g/mol. The van der Waals surface area contributed by atoms with Crippen molar-refractivity contribution in [2.45, 2.75) is 0 Å². The number of halogens is 2. The van der Waals surface area contributed by atoms with Gasteiger partial charge in [-0.1, -0.05) is 40.5 Å². The van der Waals surface area contributed by atoms with E-state index in [2.05, 4.69) is 10.5 Å². The molecule has 0 aliphatic heterocycles. The van der Waals surface area contributed by atoms with Crippen LogP contribution in [0.15, 0.2) is 59.1 Å². The van der Waals surface area contributed by atoms with Crippen LogP contribution in [-0.4, -0.2) is 10.9 Å². The Hall–Kier alpha value is -2.21. The van der Waals surface area contributed by atoms with Crippen LogP contribution in [0.4, 0.5) is 17.1 Å². The summed E-state index contributed by atoms with van der Waals surface area (Å²) in [6.45, 7) is 0. The minimum atomic E-state index is 0.339. The molecule has 24 heavy (non-hydrogen) atoms. The van der Waals surface area contributed by atoms with Crippen molar-refractivity contribution in [3.05, 3.63) is 74.4 Å². The number of para-hydroxylation sites is 2. The van der Waals surface area contributed by atoms with Crippen LogP contribution in [-0.2, 0) is 0 Å². The molecule has 3 rings (SSSR count). The second-order valence-corrected chi connectivity index (χ2v) is 6.68. The molecule has 0 fully saturated rings. The van der Waals surface area contributed by atoms with Gasteiger partial charge in [-0.15, -0.1) is 11.3 Å². The van der Waals surface area contributed by atoms with Crippen molar-refractivity contribution >= 4 is 57.3 Å². The molecule has 0 spiro atoms. The average Bonchev–Trinajstić information content (AvgIpc) is 2.98. The molecule has 0 radical (unpaired) electrons. The van der Waals surface area contributed by atoms with Crippen molar-refractivity contribution < 1.29 is 5.21 Å². The van der Waals surface area contributed by atoms with Gasteiger partial charge in [0.15, 0.2) is 0 Å². The first-order chi connectivity index (χ1) is 11.6. The summed E-state index contributed by atoms with van der Waals surface area (Å²) in [5.41, 5.74) is 9.06. The first-order valence-electron chi connectivity index (χ1n) is 6.97. The Balaban J connectivity index is 1.93. The summed E-state index contributed by atoms with van der Waals surface area (Å²) >= 11 is 13.9. The molecule has 4 N–H and O–H groups in total. The number of hydrogen-bond donors (Lipinski definition) is 3. The summed E-state index contributed by atoms with van der Waals surface area (Å²) in [5, 5.41) is 18.7. The molecule has 0 aliphatic rings. The maximum atomic E-state index is 9.39. The third-order valence-electron chi connectivity index (χ3n) is 3.40. The number of nitrogens with two attached hydrogens (primary N) is 1. The molecule has 3 aromatic rings. The second kappa shape index (κ2) is 7.13. The summed E-state index contributed by atoms with van der Waals surface area (Å²) in [4.78, 5) is 0.661. The fourth-order valence-electron chi connectivity index (χ4n) is 2.24. The Morgan fingerprint density at radius 2 is 1.88 bits per heavy atom. The summed E-state index contributed by atoms with van der Waals surface area (Å²) in [6, 6.07) is 14.5. The first kappa shape index (κ1) is 16.6. The molecule has 1 heterocycles. The van der Waals surface area contributed by atoms with Crippen LogP contribution in [0.1, 0.15) is 10.4 Å². The maximum Gasteiger partial charge on any atom is 0.130 e. The molecule has 4 nitrogen and oxygen atoms in total. The molecule has 0 amide bonds. The van der Waals surface area contributed by atoms with Gasteiger partial charge in [0, 0.05) is 11.3 Å². The molecule has 0 saturated heterocycles. The molecule has 0 unspecified atom stereocenters. The molecule has 0 bridgehead atoms. The van der Waals surface area contributed by atoms with Gasteiger partial charge in [-0.05, 0) is 41.8 Å². The molecular weight excluding hydrogens is 365 g/mol. The number of benzene rings is 2. The van der Waals surface area contributed by atoms with Gasteiger partial charge in [-0.3, -0.25) is 0 Å². The highest BCUT2D eigenvalue weighted by atomic mass is 35.5. The van der Waals surface area contributed by atoms with E-state index in [4.69, 9.17) is 28.9 Å². The van der Waals surface area contributed by atoms with E-state index in [-0.39, 0.29) is 0 Å². The van der Waals surface area contributed by atoms with Gasteiger partial charge in [0.1, 0.15) is 5.71 Å². The highest BCUT2D eigenvalue weighted by Crippen LogP contribution is 2.31. The topological polar surface area (TPSA) is 70.6 Å². The van der Waals surface area contributed by atoms with E-state index < -0.39 is 0 Å². The number of nitrogens with zero attached hydrogens (tertiary/aromatic N) is 1. The Morgan fingerprint density at radius 3 is 2.50 bits per heavy atom. The van der Waals surface area contributed by atoms with Gasteiger partial charge in [0.2, 0.25) is 0 Å². The van der Waals surface area contributed by atoms with Gasteiger partial charge >= 0.3 is 0 Å². The lowest BCUT2D eigenvalue weighted by Crippen LogP contribution is -2.03. The minimum absolute atomic E-state index is 0.339. The first-order valence-corrected chi connectivity index (χ1v) is 8.60. The van der Waals surface area contributed by atoms with Crippen LogP contribution < -0.4 is 11.1 Å². The van der Waals surface area contributed by atoms with Crippen molar-refractivity contribution in [1.29, 1.82) is 0 Å². The van der Waals surface area contributed by atoms with E-state index in [9.17, 15) is 5.21 Å². The highest BCUT2D eigenvalue weighted by Gasteiger charge is 2.16. The van der Waals surface area contributed by atoms with Crippen LogP contribution in [0.3, 0.4) is 0 Å². The normalized spacial score (nSPS) is 11.5. The highest BCUT2D eigenvalue weighted by molar-refractivity contribution is 7.13.